The van der Waals surface area contributed by atoms with Crippen molar-refractivity contribution in [2.24, 2.45) is 0 Å². The lowest BCUT2D eigenvalue weighted by Gasteiger charge is -2.33. The minimum atomic E-state index is -0.519. The van der Waals surface area contributed by atoms with Crippen LogP contribution in [0.15, 0.2) is 468 Å². The van der Waals surface area contributed by atoms with Crippen LogP contribution in [0.5, 0.6) is 0 Å². The lowest BCUT2D eigenvalue weighted by molar-refractivity contribution is 0.660. The van der Waals surface area contributed by atoms with E-state index < -0.39 is 10.8 Å². The van der Waals surface area contributed by atoms with E-state index in [-0.39, 0.29) is 5.41 Å². The summed E-state index contributed by atoms with van der Waals surface area (Å²) >= 11 is 0. The van der Waals surface area contributed by atoms with Crippen molar-refractivity contribution in [1.82, 2.24) is 44.9 Å². The normalized spacial score (nSPS) is 13.2. The van der Waals surface area contributed by atoms with E-state index in [1.54, 1.807) is 0 Å². The molecule has 6 heterocycles. The maximum atomic E-state index is 6.28. The molecule has 140 heavy (non-hydrogen) atoms. The highest BCUT2D eigenvalue weighted by molar-refractivity contribution is 6.09. The SMILES string of the molecule is CC1(C)c2ccccc2-c2c(-c3nc(-c4ccccc4)nc(-c4ccc5c(c4)oc4ccccc45)n3)cccc21.c1ccc(-c2nc(-c3ccc4c(c3)oc3ccccc34)nc(-c3cccc4c3-c3ccccc3C4(c3ccccc3)c3ccccc3)n2)cc1.c1ccc(-c2nc(-c3ccc4c(c3)oc3ccccc34)nc(-c3cccc4c3-c3ccccc3C43c4ccccc4-c4ccccc43)n2)cc1. The van der Waals surface area contributed by atoms with Gasteiger partial charge < -0.3 is 13.3 Å². The van der Waals surface area contributed by atoms with Crippen LogP contribution in [-0.4, -0.2) is 44.9 Å². The Labute approximate surface area is 806 Å². The first-order chi connectivity index (χ1) is 69.1. The Morgan fingerprint density at radius 3 is 0.757 bits per heavy atom. The van der Waals surface area contributed by atoms with E-state index in [1.165, 1.54) is 94.6 Å². The Morgan fingerprint density at radius 1 is 0.157 bits per heavy atom. The van der Waals surface area contributed by atoms with Crippen LogP contribution in [0.25, 0.3) is 213 Å². The molecule has 0 saturated heterocycles. The topological polar surface area (TPSA) is 155 Å². The molecule has 4 aliphatic carbocycles. The van der Waals surface area contributed by atoms with Crippen LogP contribution in [0.4, 0.5) is 0 Å². The lowest BCUT2D eigenvalue weighted by Crippen LogP contribution is -2.28. The average Bonchev–Trinajstić information content (AvgIpc) is 1.49. The van der Waals surface area contributed by atoms with Crippen molar-refractivity contribution in [2.45, 2.75) is 30.1 Å². The average molecular weight is 1790 g/mol. The zero-order valence-electron chi connectivity index (χ0n) is 76.1. The van der Waals surface area contributed by atoms with Crippen molar-refractivity contribution in [1.29, 1.82) is 0 Å². The smallest absolute Gasteiger partial charge is 0.164 e. The number of hydrogen-bond donors (Lipinski definition) is 0. The summed E-state index contributed by atoms with van der Waals surface area (Å²) < 4.78 is 18.8. The quantitative estimate of drug-likeness (QED) is 0.121. The molecule has 0 unspecified atom stereocenters. The molecule has 6 aromatic heterocycles. The van der Waals surface area contributed by atoms with Gasteiger partial charge in [0.25, 0.3) is 0 Å². The van der Waals surface area contributed by atoms with Gasteiger partial charge in [0, 0.05) is 87.8 Å². The summed E-state index contributed by atoms with van der Waals surface area (Å²) in [6.07, 6.45) is 0. The molecule has 12 nitrogen and oxygen atoms in total. The molecule has 0 N–H and O–H groups in total. The summed E-state index contributed by atoms with van der Waals surface area (Å²) in [7, 11) is 0. The van der Waals surface area contributed by atoms with Gasteiger partial charge in [0.2, 0.25) is 0 Å². The second-order valence-corrected chi connectivity index (χ2v) is 36.7. The summed E-state index contributed by atoms with van der Waals surface area (Å²) in [5.41, 5.74) is 34.7. The van der Waals surface area contributed by atoms with Crippen molar-refractivity contribution in [2.75, 3.05) is 0 Å². The summed E-state index contributed by atoms with van der Waals surface area (Å²) in [4.78, 5) is 46.1. The molecule has 0 atom stereocenters. The van der Waals surface area contributed by atoms with Crippen LogP contribution in [-0.2, 0) is 16.2 Å². The van der Waals surface area contributed by atoms with Crippen molar-refractivity contribution in [3.8, 4) is 147 Å². The Kier molecular flexibility index (Phi) is 18.8. The van der Waals surface area contributed by atoms with Crippen LogP contribution in [0, 0.1) is 0 Å². The molecule has 1 spiro atoms. The standard InChI is InChI=1S/C46H27N3O.C46H29N3O.C36H25N3O/c1-2-13-28(14-3-1)43-47-44(29-25-26-33-32-17-7-11-24-40(32)50-41(33)27-29)49-45(48-43)35-19-12-23-39-42(35)34-18-6-10-22-38(34)46(39)36-20-8-4-15-30(36)31-16-5-9-21-37(31)46;1-4-15-30(16-5-1)43-47-44(31-27-28-35-34-21-11-13-26-40(34)50-41(35)29-31)49-45(48-43)37-23-14-25-39-42(37)36-22-10-12-24-38(36)46(39,32-17-6-2-7-18-32)33-19-8-3-9-20-33;1-36(2)28-16-8-6-14-26(28)32-27(15-10-17-29(32)36)35-38-33(22-11-4-3-5-12-22)37-34(39-35)23-19-20-25-24-13-7-9-18-30(24)40-31(25)21-23/h1-27H;1-29H;3-21H,1-2H3. The molecular formula is C128H81N9O3. The molecular weight excluding hydrogens is 1710 g/mol. The summed E-state index contributed by atoms with van der Waals surface area (Å²) in [5.74, 6) is 5.65. The highest BCUT2D eigenvalue weighted by atomic mass is 16.3. The Morgan fingerprint density at radius 2 is 0.393 bits per heavy atom. The van der Waals surface area contributed by atoms with Crippen molar-refractivity contribution in [3.05, 3.63) is 511 Å². The van der Waals surface area contributed by atoms with Gasteiger partial charge in [-0.25, -0.2) is 44.9 Å². The van der Waals surface area contributed by atoms with Crippen LogP contribution >= 0.6 is 0 Å². The van der Waals surface area contributed by atoms with Crippen LogP contribution in [0.3, 0.4) is 0 Å². The predicted octanol–water partition coefficient (Wildman–Crippen LogP) is 31.3. The van der Waals surface area contributed by atoms with E-state index in [4.69, 9.17) is 58.1 Å². The van der Waals surface area contributed by atoms with Gasteiger partial charge in [0.05, 0.1) is 10.8 Å². The molecule has 656 valence electrons. The van der Waals surface area contributed by atoms with Gasteiger partial charge in [-0.15, -0.1) is 0 Å². The molecule has 12 heteroatoms. The Hall–Kier alpha value is -18.4. The zero-order valence-corrected chi connectivity index (χ0v) is 76.1. The van der Waals surface area contributed by atoms with Crippen LogP contribution in [0.1, 0.15) is 69.5 Å². The number of para-hydroxylation sites is 3. The number of hydrogen-bond acceptors (Lipinski definition) is 12. The molecule has 19 aromatic carbocycles. The first kappa shape index (κ1) is 81.2. The van der Waals surface area contributed by atoms with Crippen molar-refractivity contribution < 1.29 is 13.3 Å². The lowest BCUT2D eigenvalue weighted by atomic mass is 9.67. The second kappa shape index (κ2) is 32.4. The summed E-state index contributed by atoms with van der Waals surface area (Å²) in [5, 5.41) is 6.51. The van der Waals surface area contributed by atoms with Crippen LogP contribution in [0.2, 0.25) is 0 Å². The largest absolute Gasteiger partial charge is 0.456 e. The van der Waals surface area contributed by atoms with Crippen LogP contribution < -0.4 is 0 Å². The van der Waals surface area contributed by atoms with Crippen molar-refractivity contribution in [3.63, 3.8) is 0 Å². The predicted molar refractivity (Wildman–Crippen MR) is 561 cm³/mol. The fraction of sp³-hybridized carbons (Fsp3) is 0.0391. The molecule has 0 bridgehead atoms. The van der Waals surface area contributed by atoms with Gasteiger partial charge in [0.1, 0.15) is 33.5 Å². The third-order valence-electron chi connectivity index (χ3n) is 28.7. The maximum Gasteiger partial charge on any atom is 0.164 e. The van der Waals surface area contributed by atoms with E-state index in [2.05, 4.69) is 323 Å². The molecule has 4 aliphatic rings. The minimum absolute atomic E-state index is 0.105. The van der Waals surface area contributed by atoms with Gasteiger partial charge in [-0.3, -0.25) is 0 Å². The van der Waals surface area contributed by atoms with E-state index in [0.29, 0.717) is 52.4 Å². The summed E-state index contributed by atoms with van der Waals surface area (Å²) in [6.45, 7) is 4.58. The first-order valence-electron chi connectivity index (χ1n) is 47.4. The van der Waals surface area contributed by atoms with Gasteiger partial charge >= 0.3 is 0 Å². The Bertz CT molecular complexity index is 8940. The Balaban J connectivity index is 0.000000106. The van der Waals surface area contributed by atoms with Gasteiger partial charge in [-0.05, 0) is 155 Å². The number of furan rings is 3. The minimum Gasteiger partial charge on any atom is -0.456 e. The van der Waals surface area contributed by atoms with Crippen molar-refractivity contribution >= 4 is 65.8 Å². The number of rotatable bonds is 11. The van der Waals surface area contributed by atoms with Gasteiger partial charge in [-0.2, -0.15) is 0 Å². The van der Waals surface area contributed by atoms with E-state index >= 15 is 0 Å². The number of aromatic nitrogens is 9. The fourth-order valence-electron chi connectivity index (χ4n) is 22.6. The molecule has 0 amide bonds. The third kappa shape index (κ3) is 12.8. The van der Waals surface area contributed by atoms with Gasteiger partial charge in [0.15, 0.2) is 52.4 Å². The summed E-state index contributed by atoms with van der Waals surface area (Å²) in [6, 6.07) is 159. The molecule has 0 aliphatic heterocycles. The molecule has 0 radical (unpaired) electrons. The molecule has 0 fully saturated rings. The highest BCUT2D eigenvalue weighted by Crippen LogP contribution is 2.65. The first-order valence-corrected chi connectivity index (χ1v) is 47.4. The zero-order chi connectivity index (χ0) is 92.7. The van der Waals surface area contributed by atoms with E-state index in [9.17, 15) is 0 Å². The maximum absolute atomic E-state index is 6.28. The third-order valence-corrected chi connectivity index (χ3v) is 28.7. The number of nitrogens with zero attached hydrogens (tertiary/aromatic N) is 9. The monoisotopic (exact) mass is 1790 g/mol. The van der Waals surface area contributed by atoms with E-state index in [1.807, 2.05) is 146 Å². The van der Waals surface area contributed by atoms with Gasteiger partial charge in [-0.1, -0.05) is 414 Å². The fourth-order valence-corrected chi connectivity index (χ4v) is 22.6. The number of fused-ring (bicyclic) bond motifs is 25. The second-order valence-electron chi connectivity index (χ2n) is 36.7. The van der Waals surface area contributed by atoms with E-state index in [0.717, 1.165) is 121 Å². The number of benzene rings is 19. The highest BCUT2D eigenvalue weighted by Gasteiger charge is 2.53. The molecule has 0 saturated carbocycles. The molecule has 29 rings (SSSR count). The molecule has 25 aromatic rings.